The van der Waals surface area contributed by atoms with Crippen LogP contribution in [-0.4, -0.2) is 36.0 Å². The molecular formula is C21H17N7O. The van der Waals surface area contributed by atoms with Crippen LogP contribution in [0.15, 0.2) is 55.0 Å². The maximum Gasteiger partial charge on any atom is 0.289 e. The normalized spacial score (nSPS) is 11.2. The van der Waals surface area contributed by atoms with Crippen molar-refractivity contribution in [1.82, 2.24) is 35.5 Å². The van der Waals surface area contributed by atoms with Crippen molar-refractivity contribution in [3.05, 3.63) is 72.1 Å². The quantitative estimate of drug-likeness (QED) is 0.441. The third-order valence-corrected chi connectivity index (χ3v) is 4.75. The molecule has 0 bridgehead atoms. The first-order chi connectivity index (χ1) is 14.2. The number of nitrogens with one attached hydrogen (secondary N) is 3. The topological polar surface area (TPSA) is 112 Å². The molecular weight excluding hydrogens is 366 g/mol. The summed E-state index contributed by atoms with van der Waals surface area (Å²) in [6, 6.07) is 11.5. The number of amides is 1. The van der Waals surface area contributed by atoms with E-state index in [4.69, 9.17) is 0 Å². The first-order valence-corrected chi connectivity index (χ1v) is 9.15. The lowest BCUT2D eigenvalue weighted by Crippen LogP contribution is -2.24. The Kier molecular flexibility index (Phi) is 4.02. The van der Waals surface area contributed by atoms with Crippen molar-refractivity contribution >= 4 is 27.8 Å². The van der Waals surface area contributed by atoms with Gasteiger partial charge in [0.2, 0.25) is 5.82 Å². The molecule has 5 rings (SSSR count). The van der Waals surface area contributed by atoms with Gasteiger partial charge in [-0.2, -0.15) is 0 Å². The molecule has 0 aliphatic carbocycles. The maximum atomic E-state index is 12.5. The summed E-state index contributed by atoms with van der Waals surface area (Å²) in [5, 5.41) is 10.2. The number of imidazole rings is 1. The zero-order valence-corrected chi connectivity index (χ0v) is 15.6. The van der Waals surface area contributed by atoms with Crippen LogP contribution < -0.4 is 5.32 Å². The Labute approximate surface area is 165 Å². The Morgan fingerprint density at radius 3 is 2.59 bits per heavy atom. The summed E-state index contributed by atoms with van der Waals surface area (Å²) in [4.78, 5) is 29.6. The van der Waals surface area contributed by atoms with Crippen molar-refractivity contribution in [2.45, 2.75) is 13.5 Å². The van der Waals surface area contributed by atoms with E-state index in [0.717, 1.165) is 33.4 Å². The van der Waals surface area contributed by atoms with Gasteiger partial charge in [0, 0.05) is 41.8 Å². The van der Waals surface area contributed by atoms with E-state index in [1.165, 1.54) is 0 Å². The van der Waals surface area contributed by atoms with Crippen molar-refractivity contribution in [3.8, 4) is 11.3 Å². The average Bonchev–Trinajstić information content (AvgIpc) is 3.34. The number of carbonyl (C=O) groups excluding carboxylic acids is 1. The lowest BCUT2D eigenvalue weighted by molar-refractivity contribution is 0.0942. The fourth-order valence-corrected chi connectivity index (χ4v) is 3.34. The van der Waals surface area contributed by atoms with Gasteiger partial charge in [0.15, 0.2) is 0 Å². The molecule has 8 nitrogen and oxygen atoms in total. The molecule has 4 aromatic heterocycles. The second-order valence-corrected chi connectivity index (χ2v) is 6.78. The number of hydrogen-bond donors (Lipinski definition) is 3. The number of hydrogen-bond acceptors (Lipinski definition) is 5. The van der Waals surface area contributed by atoms with E-state index in [2.05, 4.69) is 35.5 Å². The van der Waals surface area contributed by atoms with E-state index in [-0.39, 0.29) is 11.7 Å². The van der Waals surface area contributed by atoms with E-state index < -0.39 is 0 Å². The summed E-state index contributed by atoms with van der Waals surface area (Å²) >= 11 is 0. The number of pyridine rings is 2. The van der Waals surface area contributed by atoms with Crippen molar-refractivity contribution in [2.75, 3.05) is 0 Å². The van der Waals surface area contributed by atoms with Gasteiger partial charge in [-0.25, -0.2) is 9.97 Å². The molecule has 0 aliphatic rings. The van der Waals surface area contributed by atoms with Gasteiger partial charge in [0.25, 0.3) is 5.91 Å². The van der Waals surface area contributed by atoms with Crippen molar-refractivity contribution < 1.29 is 4.79 Å². The molecule has 0 saturated carbocycles. The molecule has 0 spiro atoms. The molecule has 0 unspecified atom stereocenters. The summed E-state index contributed by atoms with van der Waals surface area (Å²) in [6.07, 6.45) is 5.22. The van der Waals surface area contributed by atoms with Gasteiger partial charge < -0.3 is 10.4 Å². The minimum atomic E-state index is -0.305. The number of aromatic amines is 2. The van der Waals surface area contributed by atoms with Crippen LogP contribution in [-0.2, 0) is 6.54 Å². The van der Waals surface area contributed by atoms with Crippen LogP contribution in [0, 0.1) is 6.92 Å². The summed E-state index contributed by atoms with van der Waals surface area (Å²) in [5.41, 5.74) is 6.06. The van der Waals surface area contributed by atoms with Gasteiger partial charge in [0.1, 0.15) is 0 Å². The highest BCUT2D eigenvalue weighted by Crippen LogP contribution is 2.28. The van der Waals surface area contributed by atoms with E-state index in [1.54, 1.807) is 18.6 Å². The van der Waals surface area contributed by atoms with E-state index in [0.29, 0.717) is 17.6 Å². The molecule has 4 heterocycles. The van der Waals surface area contributed by atoms with Crippen LogP contribution in [0.5, 0.6) is 0 Å². The molecule has 0 fully saturated rings. The molecule has 142 valence electrons. The smallest absolute Gasteiger partial charge is 0.289 e. The van der Waals surface area contributed by atoms with Crippen LogP contribution in [0.4, 0.5) is 0 Å². The highest BCUT2D eigenvalue weighted by atomic mass is 16.2. The minimum Gasteiger partial charge on any atom is -0.345 e. The summed E-state index contributed by atoms with van der Waals surface area (Å²) < 4.78 is 0. The van der Waals surface area contributed by atoms with Gasteiger partial charge in [-0.05, 0) is 48.9 Å². The van der Waals surface area contributed by atoms with Gasteiger partial charge in [-0.1, -0.05) is 0 Å². The fraction of sp³-hybridized carbons (Fsp3) is 0.0952. The third kappa shape index (κ3) is 3.20. The number of aromatic nitrogens is 6. The number of benzene rings is 1. The predicted molar refractivity (Wildman–Crippen MR) is 109 cm³/mol. The summed E-state index contributed by atoms with van der Waals surface area (Å²) in [5.74, 6) is -0.145. The van der Waals surface area contributed by atoms with Gasteiger partial charge in [-0.3, -0.25) is 19.9 Å². The molecule has 0 atom stereocenters. The molecule has 29 heavy (non-hydrogen) atoms. The van der Waals surface area contributed by atoms with Crippen LogP contribution in [0.25, 0.3) is 33.2 Å². The fourth-order valence-electron chi connectivity index (χ4n) is 3.34. The van der Waals surface area contributed by atoms with Crippen LogP contribution in [0.1, 0.15) is 21.9 Å². The van der Waals surface area contributed by atoms with Gasteiger partial charge >= 0.3 is 0 Å². The first-order valence-electron chi connectivity index (χ1n) is 9.15. The highest BCUT2D eigenvalue weighted by molar-refractivity contribution is 6.02. The highest BCUT2D eigenvalue weighted by Gasteiger charge is 2.15. The van der Waals surface area contributed by atoms with Crippen molar-refractivity contribution in [3.63, 3.8) is 0 Å². The second-order valence-electron chi connectivity index (χ2n) is 6.78. The largest absolute Gasteiger partial charge is 0.345 e. The molecule has 8 heteroatoms. The Morgan fingerprint density at radius 2 is 1.79 bits per heavy atom. The monoisotopic (exact) mass is 383 g/mol. The number of H-pyrrole nitrogens is 2. The Bertz CT molecular complexity index is 1340. The Balaban J connectivity index is 1.44. The van der Waals surface area contributed by atoms with E-state index in [1.807, 2.05) is 43.3 Å². The van der Waals surface area contributed by atoms with Crippen LogP contribution in [0.3, 0.4) is 0 Å². The zero-order valence-electron chi connectivity index (χ0n) is 15.6. The third-order valence-electron chi connectivity index (χ3n) is 4.75. The predicted octanol–water partition coefficient (Wildman–Crippen LogP) is 3.13. The molecule has 0 aliphatic heterocycles. The molecule has 1 aromatic carbocycles. The van der Waals surface area contributed by atoms with Crippen LogP contribution >= 0.6 is 0 Å². The SMILES string of the molecule is Cc1cc(CNC(=O)c2nc3cc4[nH][nH]c(-c5ccncc5)c4cc3n2)ccn1. The molecule has 5 aromatic rings. The molecule has 0 radical (unpaired) electrons. The maximum absolute atomic E-state index is 12.5. The molecule has 3 N–H and O–H groups in total. The lowest BCUT2D eigenvalue weighted by Gasteiger charge is -2.03. The average molecular weight is 383 g/mol. The standard InChI is InChI=1S/C21H17N7O/c1-12-8-13(2-7-23-12)11-24-21(29)20-25-17-9-15-16(10-18(17)26-20)27-28-19(15)14-3-5-22-6-4-14/h2-10,27-28H,11H2,1H3,(H,24,29). The molecule has 0 saturated heterocycles. The number of nitrogens with zero attached hydrogens (tertiary/aromatic N) is 4. The first kappa shape index (κ1) is 17.1. The van der Waals surface area contributed by atoms with Crippen molar-refractivity contribution in [1.29, 1.82) is 0 Å². The second kappa shape index (κ2) is 6.83. The van der Waals surface area contributed by atoms with Crippen molar-refractivity contribution in [2.24, 2.45) is 0 Å². The Hall–Kier alpha value is -4.07. The number of fused-ring (bicyclic) bond motifs is 2. The zero-order chi connectivity index (χ0) is 19.8. The summed E-state index contributed by atoms with van der Waals surface area (Å²) in [7, 11) is 0. The number of aryl methyl sites for hydroxylation is 1. The van der Waals surface area contributed by atoms with E-state index in [9.17, 15) is 4.79 Å². The Morgan fingerprint density at radius 1 is 1.00 bits per heavy atom. The molecule has 1 amide bonds. The lowest BCUT2D eigenvalue weighted by atomic mass is 10.1. The minimum absolute atomic E-state index is 0.160. The number of carbonyl (C=O) groups is 1. The van der Waals surface area contributed by atoms with Gasteiger partial charge in [-0.15, -0.1) is 0 Å². The summed E-state index contributed by atoms with van der Waals surface area (Å²) in [6.45, 7) is 2.31. The van der Waals surface area contributed by atoms with Crippen LogP contribution in [0.2, 0.25) is 0 Å². The van der Waals surface area contributed by atoms with Gasteiger partial charge in [0.05, 0.1) is 22.2 Å². The number of rotatable bonds is 4. The van der Waals surface area contributed by atoms with E-state index >= 15 is 0 Å².